The summed E-state index contributed by atoms with van der Waals surface area (Å²) >= 11 is 0. The summed E-state index contributed by atoms with van der Waals surface area (Å²) in [7, 11) is -7.36. The van der Waals surface area contributed by atoms with Crippen molar-refractivity contribution in [2.75, 3.05) is 11.0 Å². The summed E-state index contributed by atoms with van der Waals surface area (Å²) in [6.45, 7) is 3.84. The van der Waals surface area contributed by atoms with Crippen LogP contribution in [0.15, 0.2) is 82.8 Å². The zero-order valence-corrected chi connectivity index (χ0v) is 20.2. The van der Waals surface area contributed by atoms with Gasteiger partial charge in [0.1, 0.15) is 0 Å². The number of anilines is 1. The molecule has 0 saturated carbocycles. The highest BCUT2D eigenvalue weighted by atomic mass is 32.2. The summed E-state index contributed by atoms with van der Waals surface area (Å²) in [5.74, 6) is 0. The van der Waals surface area contributed by atoms with Gasteiger partial charge >= 0.3 is 0 Å². The Morgan fingerprint density at radius 1 is 0.909 bits per heavy atom. The van der Waals surface area contributed by atoms with E-state index in [-0.39, 0.29) is 4.90 Å². The van der Waals surface area contributed by atoms with Crippen molar-refractivity contribution in [1.82, 2.24) is 4.41 Å². The Labute approximate surface area is 194 Å². The molecule has 0 radical (unpaired) electrons. The standard InChI is InChI=1S/C24H25N3O4S2/c1-17-11-13-21(14-12-17)33(30,31)27-24(22-10-5-4-7-18(22)2)16-23(25-27)19-8-6-9-20(15-19)26-32(3,28)29/h4-15,24,26H,16H2,1-3H3/t24-/m1/s1. The molecule has 0 fully saturated rings. The Hall–Kier alpha value is -3.17. The first-order chi connectivity index (χ1) is 15.5. The van der Waals surface area contributed by atoms with E-state index in [0.29, 0.717) is 23.4 Å². The second kappa shape index (κ2) is 8.64. The molecule has 1 heterocycles. The van der Waals surface area contributed by atoms with Crippen molar-refractivity contribution in [1.29, 1.82) is 0 Å². The van der Waals surface area contributed by atoms with Crippen molar-refractivity contribution in [2.24, 2.45) is 5.10 Å². The van der Waals surface area contributed by atoms with E-state index in [1.165, 1.54) is 4.41 Å². The SMILES string of the molecule is Cc1ccc(S(=O)(=O)N2N=C(c3cccc(NS(C)(=O)=O)c3)C[C@@H]2c2ccccc2C)cc1. The summed E-state index contributed by atoms with van der Waals surface area (Å²) in [6, 6.07) is 20.6. The molecule has 33 heavy (non-hydrogen) atoms. The fourth-order valence-corrected chi connectivity index (χ4v) is 5.85. The van der Waals surface area contributed by atoms with Crippen molar-refractivity contribution in [3.05, 3.63) is 95.1 Å². The van der Waals surface area contributed by atoms with Gasteiger partial charge in [-0.1, -0.05) is 54.1 Å². The van der Waals surface area contributed by atoms with Crippen LogP contribution in [0.3, 0.4) is 0 Å². The highest BCUT2D eigenvalue weighted by molar-refractivity contribution is 7.92. The van der Waals surface area contributed by atoms with Crippen molar-refractivity contribution >= 4 is 31.4 Å². The van der Waals surface area contributed by atoms with Crippen LogP contribution in [0.1, 0.15) is 34.7 Å². The van der Waals surface area contributed by atoms with Crippen LogP contribution < -0.4 is 4.72 Å². The fraction of sp³-hybridized carbons (Fsp3) is 0.208. The number of nitrogens with zero attached hydrogens (tertiary/aromatic N) is 2. The van der Waals surface area contributed by atoms with E-state index in [2.05, 4.69) is 9.82 Å². The summed E-state index contributed by atoms with van der Waals surface area (Å²) in [6.07, 6.45) is 1.44. The van der Waals surface area contributed by atoms with E-state index in [9.17, 15) is 16.8 Å². The number of aryl methyl sites for hydroxylation is 2. The number of hydrogen-bond acceptors (Lipinski definition) is 5. The lowest BCUT2D eigenvalue weighted by atomic mass is 9.96. The Morgan fingerprint density at radius 3 is 2.27 bits per heavy atom. The molecule has 9 heteroatoms. The number of hydrogen-bond donors (Lipinski definition) is 1. The van der Waals surface area contributed by atoms with E-state index in [1.54, 1.807) is 48.5 Å². The molecule has 0 aliphatic carbocycles. The number of benzene rings is 3. The minimum absolute atomic E-state index is 0.171. The molecular weight excluding hydrogens is 458 g/mol. The minimum atomic E-state index is -3.92. The first-order valence-corrected chi connectivity index (χ1v) is 13.7. The third kappa shape index (κ3) is 4.94. The van der Waals surface area contributed by atoms with Crippen molar-refractivity contribution < 1.29 is 16.8 Å². The third-order valence-electron chi connectivity index (χ3n) is 5.48. The molecule has 0 unspecified atom stereocenters. The van der Waals surface area contributed by atoms with E-state index >= 15 is 0 Å². The Kier molecular flexibility index (Phi) is 6.02. The van der Waals surface area contributed by atoms with Crippen LogP contribution in [0.4, 0.5) is 5.69 Å². The highest BCUT2D eigenvalue weighted by Gasteiger charge is 2.38. The van der Waals surface area contributed by atoms with Crippen LogP contribution in [0, 0.1) is 13.8 Å². The van der Waals surface area contributed by atoms with E-state index in [0.717, 1.165) is 22.9 Å². The van der Waals surface area contributed by atoms with E-state index in [4.69, 9.17) is 0 Å². The minimum Gasteiger partial charge on any atom is -0.284 e. The van der Waals surface area contributed by atoms with Crippen molar-refractivity contribution in [2.45, 2.75) is 31.2 Å². The molecule has 0 saturated heterocycles. The molecule has 0 spiro atoms. The second-order valence-electron chi connectivity index (χ2n) is 8.17. The quantitative estimate of drug-likeness (QED) is 0.568. The van der Waals surface area contributed by atoms with Gasteiger partial charge < -0.3 is 0 Å². The van der Waals surface area contributed by atoms with E-state index < -0.39 is 26.1 Å². The number of hydrazone groups is 1. The normalized spacial score (nSPS) is 16.5. The van der Waals surface area contributed by atoms with Crippen LogP contribution in [0.5, 0.6) is 0 Å². The fourth-order valence-electron chi connectivity index (χ4n) is 3.87. The molecule has 1 aliphatic rings. The highest BCUT2D eigenvalue weighted by Crippen LogP contribution is 2.38. The maximum atomic E-state index is 13.6. The zero-order valence-electron chi connectivity index (χ0n) is 18.6. The molecule has 172 valence electrons. The molecule has 1 atom stereocenters. The van der Waals surface area contributed by atoms with Gasteiger partial charge in [-0.25, -0.2) is 8.42 Å². The molecule has 0 bridgehead atoms. The van der Waals surface area contributed by atoms with Crippen LogP contribution in [0.25, 0.3) is 0 Å². The smallest absolute Gasteiger partial charge is 0.279 e. The average Bonchev–Trinajstić information content (AvgIpc) is 3.20. The molecule has 3 aromatic rings. The number of nitrogens with one attached hydrogen (secondary N) is 1. The summed E-state index contributed by atoms with van der Waals surface area (Å²) < 4.78 is 54.1. The van der Waals surface area contributed by atoms with Crippen LogP contribution >= 0.6 is 0 Å². The lowest BCUT2D eigenvalue weighted by Crippen LogP contribution is -2.27. The van der Waals surface area contributed by atoms with Gasteiger partial charge in [0.15, 0.2) is 0 Å². The Morgan fingerprint density at radius 2 is 1.61 bits per heavy atom. The number of rotatable bonds is 6. The molecule has 4 rings (SSSR count). The molecular formula is C24H25N3O4S2. The Bertz CT molecular complexity index is 1430. The molecule has 0 amide bonds. The first kappa shape index (κ1) is 23.0. The zero-order chi connectivity index (χ0) is 23.8. The van der Waals surface area contributed by atoms with Gasteiger partial charge in [0, 0.05) is 12.1 Å². The molecule has 7 nitrogen and oxygen atoms in total. The van der Waals surface area contributed by atoms with Crippen LogP contribution in [-0.2, 0) is 20.0 Å². The van der Waals surface area contributed by atoms with Gasteiger partial charge in [-0.15, -0.1) is 0 Å². The van der Waals surface area contributed by atoms with Crippen LogP contribution in [-0.4, -0.2) is 33.2 Å². The largest absolute Gasteiger partial charge is 0.284 e. The summed E-state index contributed by atoms with van der Waals surface area (Å²) in [4.78, 5) is 0.171. The summed E-state index contributed by atoms with van der Waals surface area (Å²) in [5.41, 5.74) is 4.42. The number of sulfonamides is 2. The van der Waals surface area contributed by atoms with Gasteiger partial charge in [0.25, 0.3) is 10.0 Å². The van der Waals surface area contributed by atoms with Gasteiger partial charge in [0.05, 0.1) is 22.9 Å². The second-order valence-corrected chi connectivity index (χ2v) is 11.7. The van der Waals surface area contributed by atoms with Gasteiger partial charge in [-0.3, -0.25) is 4.72 Å². The maximum absolute atomic E-state index is 13.6. The van der Waals surface area contributed by atoms with Crippen molar-refractivity contribution in [3.8, 4) is 0 Å². The van der Waals surface area contributed by atoms with Gasteiger partial charge in [-0.05, 0) is 54.8 Å². The maximum Gasteiger partial charge on any atom is 0.279 e. The van der Waals surface area contributed by atoms with Gasteiger partial charge in [0.2, 0.25) is 10.0 Å². The lowest BCUT2D eigenvalue weighted by molar-refractivity contribution is 0.370. The molecule has 0 aromatic heterocycles. The van der Waals surface area contributed by atoms with Crippen molar-refractivity contribution in [3.63, 3.8) is 0 Å². The van der Waals surface area contributed by atoms with Crippen LogP contribution in [0.2, 0.25) is 0 Å². The monoisotopic (exact) mass is 483 g/mol. The topological polar surface area (TPSA) is 95.9 Å². The predicted molar refractivity (Wildman–Crippen MR) is 130 cm³/mol. The third-order valence-corrected chi connectivity index (χ3v) is 7.79. The molecule has 3 aromatic carbocycles. The predicted octanol–water partition coefficient (Wildman–Crippen LogP) is 4.21. The lowest BCUT2D eigenvalue weighted by Gasteiger charge is -2.24. The average molecular weight is 484 g/mol. The first-order valence-electron chi connectivity index (χ1n) is 10.4. The van der Waals surface area contributed by atoms with Gasteiger partial charge in [-0.2, -0.15) is 17.9 Å². The van der Waals surface area contributed by atoms with E-state index in [1.807, 2.05) is 38.1 Å². The molecule has 1 N–H and O–H groups in total. The summed E-state index contributed by atoms with van der Waals surface area (Å²) in [5, 5.41) is 4.55. The Balaban J connectivity index is 1.80. The molecule has 1 aliphatic heterocycles.